The Labute approximate surface area is 111 Å². The van der Waals surface area contributed by atoms with E-state index in [0.717, 1.165) is 38.3 Å². The summed E-state index contributed by atoms with van der Waals surface area (Å²) in [5.74, 6) is -1.70. The summed E-state index contributed by atoms with van der Waals surface area (Å²) >= 11 is 0. The van der Waals surface area contributed by atoms with E-state index in [0.29, 0.717) is 0 Å². The van der Waals surface area contributed by atoms with Crippen LogP contribution < -0.4 is 5.32 Å². The molecule has 1 heterocycles. The van der Waals surface area contributed by atoms with Crippen LogP contribution in [0.25, 0.3) is 0 Å². The Morgan fingerprint density at radius 3 is 2.58 bits per heavy atom. The number of hydrogen-bond donors (Lipinski definition) is 1. The topological polar surface area (TPSA) is 35.6 Å². The van der Waals surface area contributed by atoms with E-state index in [2.05, 4.69) is 10.2 Å². The molecule has 19 heavy (non-hydrogen) atoms. The van der Waals surface area contributed by atoms with E-state index in [1.165, 1.54) is 6.07 Å². The monoisotopic (exact) mass is 269 g/mol. The van der Waals surface area contributed by atoms with Crippen molar-refractivity contribution < 1.29 is 13.6 Å². The van der Waals surface area contributed by atoms with Crippen molar-refractivity contribution in [3.63, 3.8) is 0 Å². The second-order valence-corrected chi connectivity index (χ2v) is 4.75. The number of halogens is 2. The Hall–Kier alpha value is -1.53. The van der Waals surface area contributed by atoms with Gasteiger partial charge in [0.05, 0.1) is 12.2 Å². The van der Waals surface area contributed by atoms with Crippen molar-refractivity contribution >= 4 is 11.6 Å². The molecular formula is C13H17F2N3O. The van der Waals surface area contributed by atoms with E-state index in [-0.39, 0.29) is 18.1 Å². The Morgan fingerprint density at radius 1 is 1.26 bits per heavy atom. The molecule has 1 amide bonds. The van der Waals surface area contributed by atoms with Crippen LogP contribution in [0.4, 0.5) is 14.5 Å². The number of rotatable bonds is 3. The summed E-state index contributed by atoms with van der Waals surface area (Å²) in [6.07, 6.45) is 0. The van der Waals surface area contributed by atoms with Crippen LogP contribution in [0.15, 0.2) is 18.2 Å². The third-order valence-electron chi connectivity index (χ3n) is 3.17. The lowest BCUT2D eigenvalue weighted by atomic mass is 10.3. The number of likely N-dealkylation sites (N-methyl/N-ethyl adjacent to an activating group) is 1. The molecule has 0 bridgehead atoms. The molecule has 4 nitrogen and oxygen atoms in total. The Kier molecular flexibility index (Phi) is 4.44. The maximum atomic E-state index is 13.4. The van der Waals surface area contributed by atoms with E-state index in [9.17, 15) is 13.6 Å². The summed E-state index contributed by atoms with van der Waals surface area (Å²) < 4.78 is 26.1. The summed E-state index contributed by atoms with van der Waals surface area (Å²) in [5.41, 5.74) is 0.0144. The average molecular weight is 269 g/mol. The maximum absolute atomic E-state index is 13.4. The van der Waals surface area contributed by atoms with Crippen LogP contribution >= 0.6 is 0 Å². The van der Waals surface area contributed by atoms with E-state index >= 15 is 0 Å². The van der Waals surface area contributed by atoms with Gasteiger partial charge in [0, 0.05) is 32.2 Å². The van der Waals surface area contributed by atoms with E-state index < -0.39 is 11.6 Å². The van der Waals surface area contributed by atoms with Gasteiger partial charge >= 0.3 is 0 Å². The van der Waals surface area contributed by atoms with Gasteiger partial charge < -0.3 is 10.2 Å². The lowest BCUT2D eigenvalue weighted by Crippen LogP contribution is -2.47. The molecule has 0 spiro atoms. The minimum atomic E-state index is -0.758. The van der Waals surface area contributed by atoms with Gasteiger partial charge in [0.1, 0.15) is 11.6 Å². The third kappa shape index (κ3) is 3.97. The number of amides is 1. The molecule has 1 aliphatic rings. The van der Waals surface area contributed by atoms with Gasteiger partial charge in [-0.05, 0) is 19.2 Å². The highest BCUT2D eigenvalue weighted by molar-refractivity contribution is 5.92. The Bertz CT molecular complexity index is 459. The van der Waals surface area contributed by atoms with Gasteiger partial charge in [-0.15, -0.1) is 0 Å². The number of hydrogen-bond acceptors (Lipinski definition) is 3. The lowest BCUT2D eigenvalue weighted by Gasteiger charge is -2.31. The molecule has 0 aromatic heterocycles. The van der Waals surface area contributed by atoms with Gasteiger partial charge in [0.25, 0.3) is 0 Å². The van der Waals surface area contributed by atoms with Crippen molar-refractivity contribution in [3.05, 3.63) is 29.8 Å². The van der Waals surface area contributed by atoms with Crippen molar-refractivity contribution in [1.82, 2.24) is 9.80 Å². The summed E-state index contributed by atoms with van der Waals surface area (Å²) in [6, 6.07) is 3.10. The van der Waals surface area contributed by atoms with Crippen LogP contribution in [0.5, 0.6) is 0 Å². The minimum absolute atomic E-state index is 0.0144. The smallest absolute Gasteiger partial charge is 0.238 e. The van der Waals surface area contributed by atoms with Crippen LogP contribution in [0.3, 0.4) is 0 Å². The Balaban J connectivity index is 1.87. The SMILES string of the molecule is CN1CCN(CC(=O)Nc2ccc(F)cc2F)CC1. The van der Waals surface area contributed by atoms with Gasteiger partial charge in [0.2, 0.25) is 5.91 Å². The standard InChI is InChI=1S/C13H17F2N3O/c1-17-4-6-18(7-5-17)9-13(19)16-12-3-2-10(14)8-11(12)15/h2-3,8H,4-7,9H2,1H3,(H,16,19). The fourth-order valence-electron chi connectivity index (χ4n) is 1.99. The number of anilines is 1. The van der Waals surface area contributed by atoms with Gasteiger partial charge in [-0.2, -0.15) is 0 Å². The number of carbonyl (C=O) groups excluding carboxylic acids is 1. The first-order valence-corrected chi connectivity index (χ1v) is 6.20. The zero-order valence-electron chi connectivity index (χ0n) is 10.8. The molecule has 0 aliphatic carbocycles. The molecular weight excluding hydrogens is 252 g/mol. The summed E-state index contributed by atoms with van der Waals surface area (Å²) in [6.45, 7) is 3.69. The number of carbonyl (C=O) groups is 1. The van der Waals surface area contributed by atoms with Crippen LogP contribution in [-0.2, 0) is 4.79 Å². The normalized spacial score (nSPS) is 17.4. The summed E-state index contributed by atoms with van der Waals surface area (Å²) in [7, 11) is 2.03. The van der Waals surface area contributed by atoms with Crippen molar-refractivity contribution in [3.8, 4) is 0 Å². The molecule has 104 valence electrons. The van der Waals surface area contributed by atoms with Gasteiger partial charge in [-0.3, -0.25) is 9.69 Å². The number of nitrogens with zero attached hydrogens (tertiary/aromatic N) is 2. The van der Waals surface area contributed by atoms with Crippen LogP contribution in [0.2, 0.25) is 0 Å². The van der Waals surface area contributed by atoms with Crippen LogP contribution in [-0.4, -0.2) is 55.5 Å². The first-order chi connectivity index (χ1) is 9.04. The summed E-state index contributed by atoms with van der Waals surface area (Å²) in [5, 5.41) is 2.46. The molecule has 0 atom stereocenters. The largest absolute Gasteiger partial charge is 0.322 e. The first kappa shape index (κ1) is 13.9. The molecule has 1 fully saturated rings. The second kappa shape index (κ2) is 6.08. The molecule has 2 rings (SSSR count). The lowest BCUT2D eigenvalue weighted by molar-refractivity contribution is -0.117. The molecule has 1 aromatic rings. The van der Waals surface area contributed by atoms with Crippen LogP contribution in [0.1, 0.15) is 0 Å². The molecule has 0 unspecified atom stereocenters. The zero-order valence-corrected chi connectivity index (χ0v) is 10.8. The molecule has 0 radical (unpaired) electrons. The fourth-order valence-corrected chi connectivity index (χ4v) is 1.99. The van der Waals surface area contributed by atoms with Gasteiger partial charge in [0.15, 0.2) is 0 Å². The quantitative estimate of drug-likeness (QED) is 0.894. The second-order valence-electron chi connectivity index (χ2n) is 4.75. The average Bonchev–Trinajstić information content (AvgIpc) is 2.36. The number of nitrogens with one attached hydrogen (secondary N) is 1. The van der Waals surface area contributed by atoms with Crippen molar-refractivity contribution in [2.45, 2.75) is 0 Å². The van der Waals surface area contributed by atoms with Crippen molar-refractivity contribution in [2.24, 2.45) is 0 Å². The maximum Gasteiger partial charge on any atom is 0.238 e. The fraction of sp³-hybridized carbons (Fsp3) is 0.462. The predicted octanol–water partition coefficient (Wildman–Crippen LogP) is 1.15. The van der Waals surface area contributed by atoms with E-state index in [1.54, 1.807) is 0 Å². The van der Waals surface area contributed by atoms with Crippen molar-refractivity contribution in [1.29, 1.82) is 0 Å². The zero-order chi connectivity index (χ0) is 13.8. The van der Waals surface area contributed by atoms with Crippen LogP contribution in [0, 0.1) is 11.6 Å². The van der Waals surface area contributed by atoms with Gasteiger partial charge in [-0.1, -0.05) is 0 Å². The predicted molar refractivity (Wildman–Crippen MR) is 68.9 cm³/mol. The molecule has 0 saturated carbocycles. The molecule has 1 N–H and O–H groups in total. The highest BCUT2D eigenvalue weighted by atomic mass is 19.1. The van der Waals surface area contributed by atoms with Gasteiger partial charge in [-0.25, -0.2) is 8.78 Å². The van der Waals surface area contributed by atoms with E-state index in [1.807, 2.05) is 11.9 Å². The number of piperazine rings is 1. The van der Waals surface area contributed by atoms with Crippen molar-refractivity contribution in [2.75, 3.05) is 45.1 Å². The molecule has 1 aliphatic heterocycles. The Morgan fingerprint density at radius 2 is 1.95 bits per heavy atom. The summed E-state index contributed by atoms with van der Waals surface area (Å²) in [4.78, 5) is 16.0. The highest BCUT2D eigenvalue weighted by Gasteiger charge is 2.17. The first-order valence-electron chi connectivity index (χ1n) is 6.20. The molecule has 6 heteroatoms. The molecule has 1 saturated heterocycles. The highest BCUT2D eigenvalue weighted by Crippen LogP contribution is 2.14. The minimum Gasteiger partial charge on any atom is -0.322 e. The van der Waals surface area contributed by atoms with E-state index in [4.69, 9.17) is 0 Å². The third-order valence-corrected chi connectivity index (χ3v) is 3.17. The number of benzene rings is 1. The molecule has 1 aromatic carbocycles.